The van der Waals surface area contributed by atoms with Crippen LogP contribution >= 0.6 is 0 Å². The van der Waals surface area contributed by atoms with Crippen molar-refractivity contribution < 1.29 is 4.74 Å². The van der Waals surface area contributed by atoms with Gasteiger partial charge in [-0.15, -0.1) is 0 Å². The third-order valence-corrected chi connectivity index (χ3v) is 0.858. The lowest BCUT2D eigenvalue weighted by molar-refractivity contribution is 0.0809. The van der Waals surface area contributed by atoms with Gasteiger partial charge < -0.3 is 4.74 Å². The van der Waals surface area contributed by atoms with Crippen molar-refractivity contribution >= 4 is 0 Å². The lowest BCUT2D eigenvalue weighted by Gasteiger charge is -2.04. The van der Waals surface area contributed by atoms with E-state index in [1.165, 1.54) is 0 Å². The third kappa shape index (κ3) is 5.96. The first-order chi connectivity index (χ1) is 3.77. The fraction of sp³-hybridized carbons (Fsp3) is 0.857. The van der Waals surface area contributed by atoms with E-state index in [-0.39, 0.29) is 0 Å². The van der Waals surface area contributed by atoms with Gasteiger partial charge in [-0.3, -0.25) is 0 Å². The first kappa shape index (κ1) is 7.96. The van der Waals surface area contributed by atoms with E-state index in [4.69, 9.17) is 4.74 Å². The Hall–Kier alpha value is -0.0400. The Kier molecular flexibility index (Phi) is 5.08. The fourth-order valence-corrected chi connectivity index (χ4v) is 0.422. The monoisotopic (exact) mass is 115 g/mol. The zero-order chi connectivity index (χ0) is 6.41. The summed E-state index contributed by atoms with van der Waals surface area (Å²) in [6.07, 6.45) is 3.57. The summed E-state index contributed by atoms with van der Waals surface area (Å²) in [7, 11) is 0. The lowest BCUT2D eigenvalue weighted by atomic mass is 10.3. The van der Waals surface area contributed by atoms with Crippen LogP contribution in [0.4, 0.5) is 0 Å². The summed E-state index contributed by atoms with van der Waals surface area (Å²) in [5.74, 6) is 0. The molecule has 0 bridgehead atoms. The van der Waals surface area contributed by atoms with E-state index in [1.54, 1.807) is 0 Å². The second-order valence-corrected chi connectivity index (χ2v) is 2.12. The van der Waals surface area contributed by atoms with Crippen LogP contribution in [-0.2, 0) is 4.74 Å². The van der Waals surface area contributed by atoms with Gasteiger partial charge in [0.05, 0.1) is 6.10 Å². The van der Waals surface area contributed by atoms with Crippen LogP contribution in [0, 0.1) is 6.42 Å². The standard InChI is InChI=1S/C7H15O/c1-4-5-6-8-7(2)3/h4,7H,5-6H2,1-3H3. The van der Waals surface area contributed by atoms with Gasteiger partial charge in [0.1, 0.15) is 0 Å². The van der Waals surface area contributed by atoms with Crippen molar-refractivity contribution in [2.75, 3.05) is 6.61 Å². The molecule has 0 fully saturated rings. The molecule has 0 aromatic rings. The number of unbranched alkanes of at least 4 members (excludes halogenated alkanes) is 1. The topological polar surface area (TPSA) is 9.23 Å². The van der Waals surface area contributed by atoms with E-state index in [0.29, 0.717) is 6.10 Å². The van der Waals surface area contributed by atoms with Gasteiger partial charge in [0, 0.05) is 6.61 Å². The summed E-state index contributed by atoms with van der Waals surface area (Å²) in [6, 6.07) is 0. The summed E-state index contributed by atoms with van der Waals surface area (Å²) in [6.45, 7) is 7.02. The molecule has 0 aromatic heterocycles. The molecule has 0 aliphatic heterocycles. The van der Waals surface area contributed by atoms with Crippen LogP contribution in [0.3, 0.4) is 0 Å². The van der Waals surface area contributed by atoms with E-state index >= 15 is 0 Å². The van der Waals surface area contributed by atoms with Gasteiger partial charge >= 0.3 is 0 Å². The van der Waals surface area contributed by atoms with Crippen molar-refractivity contribution in [3.8, 4) is 0 Å². The Bertz CT molecular complexity index is 41.7. The number of rotatable bonds is 4. The van der Waals surface area contributed by atoms with Crippen molar-refractivity contribution in [3.05, 3.63) is 6.42 Å². The Labute approximate surface area is 52.0 Å². The van der Waals surface area contributed by atoms with Gasteiger partial charge in [-0.05, 0) is 26.7 Å². The quantitative estimate of drug-likeness (QED) is 0.509. The smallest absolute Gasteiger partial charge is 0.0518 e. The molecule has 0 heterocycles. The second-order valence-electron chi connectivity index (χ2n) is 2.12. The van der Waals surface area contributed by atoms with Crippen LogP contribution in [0.1, 0.15) is 27.2 Å². The summed E-state index contributed by atoms with van der Waals surface area (Å²) in [5, 5.41) is 0. The highest BCUT2D eigenvalue weighted by molar-refractivity contribution is 4.53. The molecule has 1 nitrogen and oxygen atoms in total. The molecule has 0 aromatic carbocycles. The van der Waals surface area contributed by atoms with Crippen LogP contribution in [0.5, 0.6) is 0 Å². The van der Waals surface area contributed by atoms with Gasteiger partial charge in [0.2, 0.25) is 0 Å². The number of hydrogen-bond donors (Lipinski definition) is 0. The molecule has 0 N–H and O–H groups in total. The van der Waals surface area contributed by atoms with Crippen molar-refractivity contribution in [2.45, 2.75) is 33.3 Å². The maximum atomic E-state index is 5.25. The van der Waals surface area contributed by atoms with Crippen molar-refractivity contribution in [3.63, 3.8) is 0 Å². The van der Waals surface area contributed by atoms with Crippen LogP contribution in [0.25, 0.3) is 0 Å². The molecule has 0 spiro atoms. The van der Waals surface area contributed by atoms with Gasteiger partial charge in [0.15, 0.2) is 0 Å². The molecule has 49 valence electrons. The average Bonchev–Trinajstić information content (AvgIpc) is 1.66. The van der Waals surface area contributed by atoms with E-state index in [2.05, 4.69) is 20.3 Å². The third-order valence-electron chi connectivity index (χ3n) is 0.858. The van der Waals surface area contributed by atoms with Gasteiger partial charge in [-0.25, -0.2) is 0 Å². The van der Waals surface area contributed by atoms with Crippen LogP contribution in [0.2, 0.25) is 0 Å². The largest absolute Gasteiger partial charge is 0.379 e. The summed E-state index contributed by atoms with van der Waals surface area (Å²) in [4.78, 5) is 0. The predicted octanol–water partition coefficient (Wildman–Crippen LogP) is 2.03. The minimum Gasteiger partial charge on any atom is -0.379 e. The summed E-state index contributed by atoms with van der Waals surface area (Å²) < 4.78 is 5.25. The second kappa shape index (κ2) is 5.10. The molecular formula is C7H15O. The van der Waals surface area contributed by atoms with E-state index in [1.807, 2.05) is 6.92 Å². The highest BCUT2D eigenvalue weighted by Gasteiger charge is 1.89. The molecule has 1 radical (unpaired) electrons. The highest BCUT2D eigenvalue weighted by atomic mass is 16.5. The zero-order valence-electron chi connectivity index (χ0n) is 5.98. The van der Waals surface area contributed by atoms with E-state index in [9.17, 15) is 0 Å². The van der Waals surface area contributed by atoms with Gasteiger partial charge in [0.25, 0.3) is 0 Å². The first-order valence-corrected chi connectivity index (χ1v) is 3.16. The van der Waals surface area contributed by atoms with Gasteiger partial charge in [-0.2, -0.15) is 0 Å². The van der Waals surface area contributed by atoms with Crippen LogP contribution in [-0.4, -0.2) is 12.7 Å². The Morgan fingerprint density at radius 3 is 2.50 bits per heavy atom. The molecule has 0 amide bonds. The molecule has 0 aliphatic carbocycles. The first-order valence-electron chi connectivity index (χ1n) is 3.16. The van der Waals surface area contributed by atoms with Gasteiger partial charge in [-0.1, -0.05) is 6.92 Å². The molecule has 0 rings (SSSR count). The normalized spacial score (nSPS) is 10.5. The SMILES string of the molecule is C[CH]CCOC(C)C. The maximum Gasteiger partial charge on any atom is 0.0518 e. The molecule has 8 heavy (non-hydrogen) atoms. The van der Waals surface area contributed by atoms with Crippen molar-refractivity contribution in [2.24, 2.45) is 0 Å². The van der Waals surface area contributed by atoms with Crippen molar-refractivity contribution in [1.29, 1.82) is 0 Å². The molecule has 1 heteroatoms. The maximum absolute atomic E-state index is 5.25. The molecule has 0 saturated heterocycles. The predicted molar refractivity (Wildman–Crippen MR) is 35.7 cm³/mol. The Balaban J connectivity index is 2.72. The summed E-state index contributed by atoms with van der Waals surface area (Å²) >= 11 is 0. The molecule has 0 aliphatic rings. The summed E-state index contributed by atoms with van der Waals surface area (Å²) in [5.41, 5.74) is 0. The Morgan fingerprint density at radius 2 is 2.12 bits per heavy atom. The molecule has 0 unspecified atom stereocenters. The zero-order valence-corrected chi connectivity index (χ0v) is 5.98. The number of ether oxygens (including phenoxy) is 1. The van der Waals surface area contributed by atoms with E-state index in [0.717, 1.165) is 13.0 Å². The lowest BCUT2D eigenvalue weighted by Crippen LogP contribution is -2.03. The Morgan fingerprint density at radius 1 is 1.50 bits per heavy atom. The average molecular weight is 115 g/mol. The van der Waals surface area contributed by atoms with Crippen LogP contribution < -0.4 is 0 Å². The molecule has 0 atom stereocenters. The fourth-order valence-electron chi connectivity index (χ4n) is 0.422. The molecular weight excluding hydrogens is 100 g/mol. The molecule has 0 saturated carbocycles. The minimum absolute atomic E-state index is 0.384. The van der Waals surface area contributed by atoms with E-state index < -0.39 is 0 Å². The minimum atomic E-state index is 0.384. The van der Waals surface area contributed by atoms with Crippen LogP contribution in [0.15, 0.2) is 0 Å². The van der Waals surface area contributed by atoms with Crippen molar-refractivity contribution in [1.82, 2.24) is 0 Å². The highest BCUT2D eigenvalue weighted by Crippen LogP contribution is 1.91. The number of hydrogen-bond acceptors (Lipinski definition) is 1.